The van der Waals surface area contributed by atoms with E-state index >= 15 is 0 Å². The summed E-state index contributed by atoms with van der Waals surface area (Å²) in [4.78, 5) is 12.7. The monoisotopic (exact) mass is 436 g/mol. The van der Waals surface area contributed by atoms with Gasteiger partial charge in [-0.25, -0.2) is 8.42 Å². The molecule has 0 saturated heterocycles. The summed E-state index contributed by atoms with van der Waals surface area (Å²) in [7, 11) is -3.74. The first-order valence-electron chi connectivity index (χ1n) is 9.57. The van der Waals surface area contributed by atoms with E-state index in [9.17, 15) is 13.2 Å². The number of amidine groups is 1. The van der Waals surface area contributed by atoms with Crippen LogP contribution in [0.2, 0.25) is 0 Å². The Morgan fingerprint density at radius 3 is 2.35 bits per heavy atom. The molecule has 3 rings (SSSR count). The van der Waals surface area contributed by atoms with Gasteiger partial charge in [-0.05, 0) is 54.8 Å². The minimum Gasteiger partial charge on any atom is -0.384 e. The molecule has 3 aromatic rings. The Balaban J connectivity index is 1.73. The molecule has 5 N–H and O–H groups in total. The fourth-order valence-corrected chi connectivity index (χ4v) is 4.15. The first-order valence-corrected chi connectivity index (χ1v) is 11.1. The molecular weight excluding hydrogens is 412 g/mol. The van der Waals surface area contributed by atoms with Gasteiger partial charge in [-0.1, -0.05) is 42.5 Å². The van der Waals surface area contributed by atoms with Gasteiger partial charge in [-0.3, -0.25) is 14.9 Å². The van der Waals surface area contributed by atoms with Crippen LogP contribution in [0.4, 0.5) is 11.4 Å². The number of carbonyl (C=O) groups is 1. The lowest BCUT2D eigenvalue weighted by Gasteiger charge is -2.13. The Bertz CT molecular complexity index is 1240. The highest BCUT2D eigenvalue weighted by atomic mass is 32.2. The standard InChI is InChI=1S/C23H24N4O3S/c1-15-4-3-5-20(12-15)31(29,30)27-19-11-6-16(2)21(14-19)26-22(28)13-17-7-9-18(10-8-17)23(24)25/h3-12,14,27H,13H2,1-2H3,(H3,24,25)(H,26,28). The molecule has 0 aliphatic heterocycles. The van der Waals surface area contributed by atoms with Crippen LogP contribution in [0, 0.1) is 19.3 Å². The lowest BCUT2D eigenvalue weighted by atomic mass is 10.1. The average molecular weight is 437 g/mol. The van der Waals surface area contributed by atoms with Gasteiger partial charge >= 0.3 is 0 Å². The van der Waals surface area contributed by atoms with Gasteiger partial charge < -0.3 is 11.1 Å². The van der Waals surface area contributed by atoms with Crippen molar-refractivity contribution in [1.82, 2.24) is 0 Å². The summed E-state index contributed by atoms with van der Waals surface area (Å²) >= 11 is 0. The van der Waals surface area contributed by atoms with Crippen LogP contribution in [0.5, 0.6) is 0 Å². The van der Waals surface area contributed by atoms with E-state index in [1.54, 1.807) is 54.6 Å². The smallest absolute Gasteiger partial charge is 0.261 e. The van der Waals surface area contributed by atoms with E-state index in [1.807, 2.05) is 19.9 Å². The zero-order valence-corrected chi connectivity index (χ0v) is 18.1. The quantitative estimate of drug-likeness (QED) is 0.334. The molecule has 31 heavy (non-hydrogen) atoms. The molecule has 160 valence electrons. The molecule has 0 aromatic heterocycles. The fraction of sp³-hybridized carbons (Fsp3) is 0.130. The number of carbonyl (C=O) groups excluding carboxylic acids is 1. The predicted molar refractivity (Wildman–Crippen MR) is 123 cm³/mol. The normalized spacial score (nSPS) is 11.0. The number of nitrogens with two attached hydrogens (primary N) is 1. The maximum Gasteiger partial charge on any atom is 0.261 e. The van der Waals surface area contributed by atoms with Crippen molar-refractivity contribution >= 4 is 33.1 Å². The number of aryl methyl sites for hydroxylation is 2. The topological polar surface area (TPSA) is 125 Å². The molecule has 0 saturated carbocycles. The van der Waals surface area contributed by atoms with Crippen LogP contribution < -0.4 is 15.8 Å². The number of hydrogen-bond acceptors (Lipinski definition) is 4. The lowest BCUT2D eigenvalue weighted by molar-refractivity contribution is -0.115. The molecule has 0 heterocycles. The molecule has 7 nitrogen and oxygen atoms in total. The molecule has 0 fully saturated rings. The van der Waals surface area contributed by atoms with Crippen LogP contribution in [0.1, 0.15) is 22.3 Å². The Morgan fingerprint density at radius 1 is 1.00 bits per heavy atom. The number of nitrogens with one attached hydrogen (secondary N) is 3. The molecular formula is C23H24N4O3S. The van der Waals surface area contributed by atoms with Gasteiger partial charge in [0, 0.05) is 11.3 Å². The molecule has 0 bridgehead atoms. The van der Waals surface area contributed by atoms with Crippen LogP contribution in [-0.2, 0) is 21.2 Å². The fourth-order valence-electron chi connectivity index (χ4n) is 3.00. The van der Waals surface area contributed by atoms with Crippen LogP contribution in [0.15, 0.2) is 71.6 Å². The highest BCUT2D eigenvalue weighted by molar-refractivity contribution is 7.92. The summed E-state index contributed by atoms with van der Waals surface area (Å²) in [6.07, 6.45) is 0.136. The number of rotatable bonds is 7. The SMILES string of the molecule is Cc1cccc(S(=O)(=O)Nc2ccc(C)c(NC(=O)Cc3ccc(C(=N)N)cc3)c2)c1. The number of hydrogen-bond donors (Lipinski definition) is 4. The summed E-state index contributed by atoms with van der Waals surface area (Å²) in [6, 6.07) is 18.5. The first kappa shape index (κ1) is 22.0. The van der Waals surface area contributed by atoms with Crippen LogP contribution >= 0.6 is 0 Å². The molecule has 0 atom stereocenters. The largest absolute Gasteiger partial charge is 0.384 e. The molecule has 8 heteroatoms. The Hall–Kier alpha value is -3.65. The molecule has 3 aromatic carbocycles. The van der Waals surface area contributed by atoms with Crippen molar-refractivity contribution < 1.29 is 13.2 Å². The first-order chi connectivity index (χ1) is 14.6. The lowest BCUT2D eigenvalue weighted by Crippen LogP contribution is -2.17. The van der Waals surface area contributed by atoms with E-state index < -0.39 is 10.0 Å². The average Bonchev–Trinajstić information content (AvgIpc) is 2.70. The third-order valence-corrected chi connectivity index (χ3v) is 6.07. The second-order valence-corrected chi connectivity index (χ2v) is 8.97. The van der Waals surface area contributed by atoms with E-state index in [1.165, 1.54) is 6.07 Å². The van der Waals surface area contributed by atoms with Gasteiger partial charge in [-0.15, -0.1) is 0 Å². The van der Waals surface area contributed by atoms with Crippen molar-refractivity contribution in [3.05, 3.63) is 89.0 Å². The molecule has 0 radical (unpaired) electrons. The summed E-state index contributed by atoms with van der Waals surface area (Å²) in [5.41, 5.74) is 9.33. The van der Waals surface area contributed by atoms with Gasteiger partial charge in [0.25, 0.3) is 10.0 Å². The molecule has 0 spiro atoms. The van der Waals surface area contributed by atoms with E-state index in [0.29, 0.717) is 16.9 Å². The summed E-state index contributed by atoms with van der Waals surface area (Å²) < 4.78 is 27.9. The molecule has 0 unspecified atom stereocenters. The maximum absolute atomic E-state index is 12.7. The number of anilines is 2. The van der Waals surface area contributed by atoms with Crippen molar-refractivity contribution in [3.63, 3.8) is 0 Å². The summed E-state index contributed by atoms with van der Waals surface area (Å²) in [5, 5.41) is 10.2. The minimum atomic E-state index is -3.74. The number of nitrogen functional groups attached to an aromatic ring is 1. The zero-order valence-electron chi connectivity index (χ0n) is 17.3. The Kier molecular flexibility index (Phi) is 6.41. The van der Waals surface area contributed by atoms with Crippen molar-refractivity contribution in [1.29, 1.82) is 5.41 Å². The number of sulfonamides is 1. The highest BCUT2D eigenvalue weighted by Gasteiger charge is 2.15. The van der Waals surface area contributed by atoms with E-state index in [0.717, 1.165) is 16.7 Å². The van der Waals surface area contributed by atoms with E-state index in [-0.39, 0.29) is 23.1 Å². The summed E-state index contributed by atoms with van der Waals surface area (Å²) in [6.45, 7) is 3.66. The highest BCUT2D eigenvalue weighted by Crippen LogP contribution is 2.23. The molecule has 0 aliphatic rings. The van der Waals surface area contributed by atoms with Gasteiger partial charge in [0.05, 0.1) is 17.0 Å². The van der Waals surface area contributed by atoms with Crippen LogP contribution in [-0.4, -0.2) is 20.2 Å². The van der Waals surface area contributed by atoms with Gasteiger partial charge in [0.15, 0.2) is 0 Å². The van der Waals surface area contributed by atoms with Crippen molar-refractivity contribution in [2.75, 3.05) is 10.0 Å². The number of benzene rings is 3. The predicted octanol–water partition coefficient (Wildman–Crippen LogP) is 3.57. The van der Waals surface area contributed by atoms with Crippen molar-refractivity contribution in [3.8, 4) is 0 Å². The Morgan fingerprint density at radius 2 is 1.71 bits per heavy atom. The molecule has 0 aliphatic carbocycles. The van der Waals surface area contributed by atoms with Crippen molar-refractivity contribution in [2.24, 2.45) is 5.73 Å². The van der Waals surface area contributed by atoms with Gasteiger partial charge in [0.2, 0.25) is 5.91 Å². The zero-order chi connectivity index (χ0) is 22.6. The third kappa shape index (κ3) is 5.70. The van der Waals surface area contributed by atoms with Crippen LogP contribution in [0.3, 0.4) is 0 Å². The van der Waals surface area contributed by atoms with Crippen LogP contribution in [0.25, 0.3) is 0 Å². The van der Waals surface area contributed by atoms with Gasteiger partial charge in [0.1, 0.15) is 5.84 Å². The second-order valence-electron chi connectivity index (χ2n) is 7.29. The third-order valence-electron chi connectivity index (χ3n) is 4.69. The minimum absolute atomic E-state index is 0.0310. The molecule has 1 amide bonds. The number of amides is 1. The van der Waals surface area contributed by atoms with Crippen molar-refractivity contribution in [2.45, 2.75) is 25.2 Å². The maximum atomic E-state index is 12.7. The summed E-state index contributed by atoms with van der Waals surface area (Å²) in [5.74, 6) is -0.270. The van der Waals surface area contributed by atoms with E-state index in [4.69, 9.17) is 11.1 Å². The second kappa shape index (κ2) is 9.01. The Labute approximate surface area is 181 Å². The van der Waals surface area contributed by atoms with Gasteiger partial charge in [-0.2, -0.15) is 0 Å². The van der Waals surface area contributed by atoms with E-state index in [2.05, 4.69) is 10.0 Å².